The van der Waals surface area contributed by atoms with Gasteiger partial charge in [0.15, 0.2) is 0 Å². The van der Waals surface area contributed by atoms with Crippen molar-refractivity contribution in [2.75, 3.05) is 18.9 Å². The van der Waals surface area contributed by atoms with Crippen LogP contribution in [0, 0.1) is 11.8 Å². The van der Waals surface area contributed by atoms with E-state index in [9.17, 15) is 4.79 Å². The lowest BCUT2D eigenvalue weighted by Crippen LogP contribution is -2.23. The fourth-order valence-electron chi connectivity index (χ4n) is 1.98. The van der Waals surface area contributed by atoms with E-state index in [2.05, 4.69) is 4.98 Å². The van der Waals surface area contributed by atoms with Gasteiger partial charge in [0.2, 0.25) is 0 Å². The smallest absolute Gasteiger partial charge is 0.349 e. The summed E-state index contributed by atoms with van der Waals surface area (Å²) < 4.78 is 1.41. The van der Waals surface area contributed by atoms with Crippen molar-refractivity contribution >= 4 is 5.82 Å². The summed E-state index contributed by atoms with van der Waals surface area (Å²) >= 11 is 0. The van der Waals surface area contributed by atoms with E-state index in [0.717, 1.165) is 0 Å². The van der Waals surface area contributed by atoms with Crippen LogP contribution in [0.4, 0.5) is 5.82 Å². The molecule has 1 heterocycles. The highest BCUT2D eigenvalue weighted by atomic mass is 16.3. The molecule has 6 nitrogen and oxygen atoms in total. The number of aliphatic hydroxyl groups excluding tert-OH is 2. The van der Waals surface area contributed by atoms with Gasteiger partial charge in [0.1, 0.15) is 5.82 Å². The zero-order valence-electron chi connectivity index (χ0n) is 8.08. The van der Waals surface area contributed by atoms with Gasteiger partial charge in [-0.25, -0.2) is 4.79 Å². The van der Waals surface area contributed by atoms with Crippen molar-refractivity contribution < 1.29 is 10.2 Å². The molecule has 82 valence electrons. The third-order valence-electron chi connectivity index (χ3n) is 2.88. The average molecular weight is 211 g/mol. The Balaban J connectivity index is 2.28. The van der Waals surface area contributed by atoms with Gasteiger partial charge in [0.05, 0.1) is 0 Å². The molecule has 1 aromatic rings. The van der Waals surface area contributed by atoms with Crippen LogP contribution in [0.15, 0.2) is 17.1 Å². The van der Waals surface area contributed by atoms with Gasteiger partial charge in [-0.05, 0) is 6.07 Å². The third kappa shape index (κ3) is 1.62. The maximum Gasteiger partial charge on any atom is 0.349 e. The van der Waals surface area contributed by atoms with Gasteiger partial charge in [-0.15, -0.1) is 0 Å². The summed E-state index contributed by atoms with van der Waals surface area (Å²) in [6.45, 7) is -0.0700. The minimum atomic E-state index is -0.436. The monoisotopic (exact) mass is 211 g/mol. The van der Waals surface area contributed by atoms with Crippen LogP contribution in [0.2, 0.25) is 0 Å². The Morgan fingerprint density at radius 2 is 2.00 bits per heavy atom. The van der Waals surface area contributed by atoms with Crippen molar-refractivity contribution in [3.63, 3.8) is 0 Å². The number of rotatable bonds is 3. The highest BCUT2D eigenvalue weighted by Crippen LogP contribution is 2.48. The Labute approximate surface area is 86.0 Å². The predicted molar refractivity (Wildman–Crippen MR) is 53.1 cm³/mol. The largest absolute Gasteiger partial charge is 0.396 e. The van der Waals surface area contributed by atoms with Crippen LogP contribution in [-0.2, 0) is 0 Å². The molecule has 1 aliphatic rings. The summed E-state index contributed by atoms with van der Waals surface area (Å²) in [5.41, 5.74) is 4.92. The average Bonchev–Trinajstić information content (AvgIpc) is 2.91. The quantitative estimate of drug-likeness (QED) is 0.570. The van der Waals surface area contributed by atoms with Crippen LogP contribution in [-0.4, -0.2) is 33.0 Å². The maximum atomic E-state index is 11.5. The van der Waals surface area contributed by atoms with E-state index in [1.165, 1.54) is 10.6 Å². The molecule has 0 aromatic carbocycles. The number of hydrogen-bond acceptors (Lipinski definition) is 5. The second-order valence-electron chi connectivity index (χ2n) is 3.73. The summed E-state index contributed by atoms with van der Waals surface area (Å²) in [5.74, 6) is 0.0641. The van der Waals surface area contributed by atoms with Crippen molar-refractivity contribution in [1.29, 1.82) is 0 Å². The predicted octanol–water partition coefficient (Wildman–Crippen LogP) is -1.40. The minimum Gasteiger partial charge on any atom is -0.396 e. The number of hydrogen-bond donors (Lipinski definition) is 3. The lowest BCUT2D eigenvalue weighted by molar-refractivity contribution is 0.232. The lowest BCUT2D eigenvalue weighted by Gasteiger charge is -2.03. The Bertz CT molecular complexity index is 407. The second-order valence-corrected chi connectivity index (χ2v) is 3.73. The molecule has 2 atom stereocenters. The first-order chi connectivity index (χ1) is 7.19. The fraction of sp³-hybridized carbons (Fsp3) is 0.556. The molecule has 1 saturated carbocycles. The Kier molecular flexibility index (Phi) is 2.45. The highest BCUT2D eigenvalue weighted by molar-refractivity contribution is 5.24. The van der Waals surface area contributed by atoms with Gasteiger partial charge < -0.3 is 15.9 Å². The van der Waals surface area contributed by atoms with Crippen LogP contribution in [0.25, 0.3) is 0 Å². The van der Waals surface area contributed by atoms with Gasteiger partial charge in [0, 0.05) is 37.3 Å². The summed E-state index contributed by atoms with van der Waals surface area (Å²) in [5, 5.41) is 18.0. The summed E-state index contributed by atoms with van der Waals surface area (Å²) in [6, 6.07) is 1.38. The molecule has 1 aliphatic carbocycles. The second kappa shape index (κ2) is 3.63. The molecule has 2 rings (SSSR count). The van der Waals surface area contributed by atoms with E-state index in [-0.39, 0.29) is 36.9 Å². The molecule has 1 aromatic heterocycles. The van der Waals surface area contributed by atoms with Crippen molar-refractivity contribution in [3.8, 4) is 0 Å². The molecular weight excluding hydrogens is 198 g/mol. The van der Waals surface area contributed by atoms with Gasteiger partial charge in [0.25, 0.3) is 0 Å². The van der Waals surface area contributed by atoms with Crippen LogP contribution >= 0.6 is 0 Å². The van der Waals surface area contributed by atoms with Crippen molar-refractivity contribution in [2.24, 2.45) is 11.8 Å². The topological polar surface area (TPSA) is 101 Å². The summed E-state index contributed by atoms with van der Waals surface area (Å²) in [6.07, 6.45) is 1.55. The van der Waals surface area contributed by atoms with Crippen molar-refractivity contribution in [3.05, 3.63) is 22.7 Å². The number of nitrogens with zero attached hydrogens (tertiary/aromatic N) is 2. The Morgan fingerprint density at radius 1 is 1.40 bits per heavy atom. The number of aromatic nitrogens is 2. The van der Waals surface area contributed by atoms with Gasteiger partial charge in [-0.1, -0.05) is 0 Å². The molecule has 15 heavy (non-hydrogen) atoms. The number of nitrogen functional groups attached to an aromatic ring is 1. The van der Waals surface area contributed by atoms with Crippen LogP contribution in [0.3, 0.4) is 0 Å². The van der Waals surface area contributed by atoms with E-state index in [1.807, 2.05) is 0 Å². The standard InChI is InChI=1S/C9H13N3O3/c10-7-1-2-12(9(15)11-7)8-5(3-13)6(8)4-14/h1-2,5-6,8,13-14H,3-4H2,(H2,10,11,15). The summed E-state index contributed by atoms with van der Waals surface area (Å²) in [7, 11) is 0. The molecule has 1 fully saturated rings. The fourth-order valence-corrected chi connectivity index (χ4v) is 1.98. The van der Waals surface area contributed by atoms with E-state index in [1.54, 1.807) is 6.20 Å². The number of nitrogens with two attached hydrogens (primary N) is 1. The highest BCUT2D eigenvalue weighted by Gasteiger charge is 2.50. The summed E-state index contributed by atoms with van der Waals surface area (Å²) in [4.78, 5) is 15.0. The molecule has 0 amide bonds. The first kappa shape index (κ1) is 10.1. The van der Waals surface area contributed by atoms with Gasteiger partial charge >= 0.3 is 5.69 Å². The normalized spacial score (nSPS) is 29.1. The third-order valence-corrected chi connectivity index (χ3v) is 2.88. The lowest BCUT2D eigenvalue weighted by atomic mass is 10.3. The molecule has 4 N–H and O–H groups in total. The Hall–Kier alpha value is -1.40. The maximum absolute atomic E-state index is 11.5. The first-order valence-electron chi connectivity index (χ1n) is 4.75. The number of anilines is 1. The molecule has 0 aliphatic heterocycles. The van der Waals surface area contributed by atoms with Gasteiger partial charge in [-0.2, -0.15) is 4.98 Å². The molecule has 6 heteroatoms. The zero-order valence-corrected chi connectivity index (χ0v) is 8.08. The molecule has 2 unspecified atom stereocenters. The zero-order chi connectivity index (χ0) is 11.0. The van der Waals surface area contributed by atoms with Gasteiger partial charge in [-0.3, -0.25) is 4.57 Å². The molecule has 0 saturated heterocycles. The number of aliphatic hydroxyl groups is 2. The first-order valence-corrected chi connectivity index (χ1v) is 4.75. The van der Waals surface area contributed by atoms with Crippen LogP contribution in [0.5, 0.6) is 0 Å². The van der Waals surface area contributed by atoms with Crippen LogP contribution in [0.1, 0.15) is 6.04 Å². The van der Waals surface area contributed by atoms with E-state index >= 15 is 0 Å². The minimum absolute atomic E-state index is 0.0350. The molecule has 0 bridgehead atoms. The molecule has 0 radical (unpaired) electrons. The van der Waals surface area contributed by atoms with E-state index in [0.29, 0.717) is 0 Å². The van der Waals surface area contributed by atoms with Crippen molar-refractivity contribution in [2.45, 2.75) is 6.04 Å². The molecular formula is C9H13N3O3. The van der Waals surface area contributed by atoms with E-state index < -0.39 is 5.69 Å². The SMILES string of the molecule is Nc1ccn(C2C(CO)C2CO)c(=O)n1. The molecule has 0 spiro atoms. The van der Waals surface area contributed by atoms with Crippen LogP contribution < -0.4 is 11.4 Å². The Morgan fingerprint density at radius 3 is 2.47 bits per heavy atom. The van der Waals surface area contributed by atoms with Crippen molar-refractivity contribution in [1.82, 2.24) is 9.55 Å². The van der Waals surface area contributed by atoms with E-state index in [4.69, 9.17) is 15.9 Å².